The third-order valence-corrected chi connectivity index (χ3v) is 4.99. The van der Waals surface area contributed by atoms with Crippen molar-refractivity contribution >= 4 is 40.4 Å². The second-order valence-corrected chi connectivity index (χ2v) is 7.11. The fourth-order valence-corrected chi connectivity index (χ4v) is 3.33. The van der Waals surface area contributed by atoms with E-state index in [4.69, 9.17) is 23.2 Å². The lowest BCUT2D eigenvalue weighted by Crippen LogP contribution is -2.18. The number of aryl methyl sites for hydroxylation is 2. The number of halogens is 2. The van der Waals surface area contributed by atoms with Crippen molar-refractivity contribution in [2.45, 2.75) is 13.8 Å². The molecule has 2 aromatic heterocycles. The van der Waals surface area contributed by atoms with Crippen LogP contribution in [0.25, 0.3) is 16.8 Å². The molecule has 0 atom stereocenters. The van der Waals surface area contributed by atoms with Crippen LogP contribution in [0.2, 0.25) is 10.0 Å². The molecule has 0 aliphatic carbocycles. The fraction of sp³-hybridized carbons (Fsp3) is 0.100. The van der Waals surface area contributed by atoms with Gasteiger partial charge in [-0.05, 0) is 43.7 Å². The number of nitrogens with zero attached hydrogens (tertiary/aromatic N) is 4. The maximum absolute atomic E-state index is 12.7. The second-order valence-electron chi connectivity index (χ2n) is 6.27. The van der Waals surface area contributed by atoms with E-state index >= 15 is 0 Å². The predicted molar refractivity (Wildman–Crippen MR) is 110 cm³/mol. The van der Waals surface area contributed by atoms with Gasteiger partial charge in [0.15, 0.2) is 11.3 Å². The molecule has 0 bridgehead atoms. The lowest BCUT2D eigenvalue weighted by Gasteiger charge is -2.09. The van der Waals surface area contributed by atoms with Crippen LogP contribution in [-0.4, -0.2) is 25.7 Å². The van der Waals surface area contributed by atoms with Gasteiger partial charge >= 0.3 is 0 Å². The minimum absolute atomic E-state index is 0.178. The van der Waals surface area contributed by atoms with Gasteiger partial charge in [-0.25, -0.2) is 4.52 Å². The van der Waals surface area contributed by atoms with E-state index in [1.54, 1.807) is 35.7 Å². The Bertz CT molecular complexity index is 1200. The molecule has 2 heterocycles. The van der Waals surface area contributed by atoms with Crippen molar-refractivity contribution in [3.63, 3.8) is 0 Å². The summed E-state index contributed by atoms with van der Waals surface area (Å²) in [5, 5.41) is 16.8. The Hall–Kier alpha value is -2.96. The summed E-state index contributed by atoms with van der Waals surface area (Å²) in [6, 6.07) is 14.4. The summed E-state index contributed by atoms with van der Waals surface area (Å²) >= 11 is 12.1. The molecule has 0 aliphatic rings. The molecule has 0 unspecified atom stereocenters. The molecule has 0 aliphatic heterocycles. The molecule has 6 nitrogen and oxygen atoms in total. The van der Waals surface area contributed by atoms with E-state index in [-0.39, 0.29) is 5.69 Å². The number of carbonyl (C=O) groups excluding carboxylic acids is 1. The van der Waals surface area contributed by atoms with Gasteiger partial charge in [0, 0.05) is 5.02 Å². The minimum Gasteiger partial charge on any atom is -0.319 e. The number of para-hydroxylation sites is 1. The fourth-order valence-electron chi connectivity index (χ4n) is 3.02. The number of fused-ring (bicyclic) bond motifs is 1. The molecule has 0 fully saturated rings. The van der Waals surface area contributed by atoms with Gasteiger partial charge in [0.05, 0.1) is 27.7 Å². The number of aromatic nitrogens is 4. The third kappa shape index (κ3) is 3.21. The number of carbonyl (C=O) groups is 1. The maximum atomic E-state index is 12.7. The van der Waals surface area contributed by atoms with E-state index in [0.29, 0.717) is 27.1 Å². The van der Waals surface area contributed by atoms with Gasteiger partial charge in [-0.1, -0.05) is 47.5 Å². The average Bonchev–Trinajstić information content (AvgIpc) is 3.01. The first-order valence-electron chi connectivity index (χ1n) is 8.50. The number of hydrogen-bond acceptors (Lipinski definition) is 4. The molecule has 4 rings (SSSR count). The Balaban J connectivity index is 1.77. The molecule has 1 N–H and O–H groups in total. The van der Waals surface area contributed by atoms with Crippen molar-refractivity contribution in [2.24, 2.45) is 0 Å². The molecular formula is C20H15Cl2N5O. The molecule has 1 amide bonds. The smallest absolute Gasteiger partial charge is 0.278 e. The molecular weight excluding hydrogens is 397 g/mol. The lowest BCUT2D eigenvalue weighted by molar-refractivity contribution is 0.102. The van der Waals surface area contributed by atoms with Crippen molar-refractivity contribution in [1.29, 1.82) is 0 Å². The normalized spacial score (nSPS) is 11.0. The standard InChI is InChI=1S/C20H15Cl2N5O/c1-11-17(13-7-9-14(21)10-8-13)19-25-24-18(12(2)27(19)26-11)20(28)23-16-6-4-3-5-15(16)22/h3-10H,1-2H3,(H,23,28). The van der Waals surface area contributed by atoms with Crippen molar-refractivity contribution in [3.8, 4) is 11.1 Å². The number of rotatable bonds is 3. The van der Waals surface area contributed by atoms with E-state index in [9.17, 15) is 4.79 Å². The van der Waals surface area contributed by atoms with Gasteiger partial charge < -0.3 is 5.32 Å². The van der Waals surface area contributed by atoms with Crippen LogP contribution in [0.1, 0.15) is 21.9 Å². The van der Waals surface area contributed by atoms with Crippen LogP contribution in [0.15, 0.2) is 48.5 Å². The van der Waals surface area contributed by atoms with Crippen molar-refractivity contribution < 1.29 is 4.79 Å². The summed E-state index contributed by atoms with van der Waals surface area (Å²) in [5.74, 6) is -0.402. The molecule has 0 saturated carbocycles. The maximum Gasteiger partial charge on any atom is 0.278 e. The zero-order chi connectivity index (χ0) is 19.8. The van der Waals surface area contributed by atoms with E-state index in [0.717, 1.165) is 16.8 Å². The van der Waals surface area contributed by atoms with Gasteiger partial charge in [-0.15, -0.1) is 10.2 Å². The number of anilines is 1. The third-order valence-electron chi connectivity index (χ3n) is 4.41. The zero-order valence-corrected chi connectivity index (χ0v) is 16.6. The van der Waals surface area contributed by atoms with Crippen LogP contribution in [0, 0.1) is 13.8 Å². The molecule has 28 heavy (non-hydrogen) atoms. The van der Waals surface area contributed by atoms with Crippen molar-refractivity contribution in [1.82, 2.24) is 19.8 Å². The number of nitrogens with one attached hydrogen (secondary N) is 1. The number of hydrogen-bond donors (Lipinski definition) is 1. The first-order chi connectivity index (χ1) is 13.5. The Labute approximate surface area is 171 Å². The van der Waals surface area contributed by atoms with Gasteiger partial charge in [0.1, 0.15) is 0 Å². The summed E-state index contributed by atoms with van der Waals surface area (Å²) < 4.78 is 1.63. The topological polar surface area (TPSA) is 72.2 Å². The molecule has 4 aromatic rings. The first kappa shape index (κ1) is 18.4. The highest BCUT2D eigenvalue weighted by Gasteiger charge is 2.20. The highest BCUT2D eigenvalue weighted by molar-refractivity contribution is 6.33. The van der Waals surface area contributed by atoms with Crippen molar-refractivity contribution in [3.05, 3.63) is 75.7 Å². The van der Waals surface area contributed by atoms with Crippen LogP contribution in [0.5, 0.6) is 0 Å². The average molecular weight is 412 g/mol. The molecule has 0 radical (unpaired) electrons. The molecule has 140 valence electrons. The molecule has 0 saturated heterocycles. The van der Waals surface area contributed by atoms with Gasteiger partial charge in [0.2, 0.25) is 0 Å². The molecule has 8 heteroatoms. The highest BCUT2D eigenvalue weighted by Crippen LogP contribution is 2.29. The van der Waals surface area contributed by atoms with Crippen LogP contribution < -0.4 is 5.32 Å². The Kier molecular flexibility index (Phi) is 4.75. The summed E-state index contributed by atoms with van der Waals surface area (Å²) in [4.78, 5) is 12.7. The number of benzene rings is 2. The lowest BCUT2D eigenvalue weighted by atomic mass is 10.1. The zero-order valence-electron chi connectivity index (χ0n) is 15.1. The predicted octanol–water partition coefficient (Wildman–Crippen LogP) is 4.97. The Morgan fingerprint density at radius 3 is 2.43 bits per heavy atom. The molecule has 0 spiro atoms. The summed E-state index contributed by atoms with van der Waals surface area (Å²) in [6.07, 6.45) is 0. The van der Waals surface area contributed by atoms with Crippen LogP contribution in [0.3, 0.4) is 0 Å². The largest absolute Gasteiger partial charge is 0.319 e. The summed E-state index contributed by atoms with van der Waals surface area (Å²) in [7, 11) is 0. The van der Waals surface area contributed by atoms with Crippen LogP contribution in [-0.2, 0) is 0 Å². The monoisotopic (exact) mass is 411 g/mol. The number of amides is 1. The first-order valence-corrected chi connectivity index (χ1v) is 9.25. The Morgan fingerprint density at radius 2 is 1.71 bits per heavy atom. The second kappa shape index (κ2) is 7.22. The van der Waals surface area contributed by atoms with Crippen molar-refractivity contribution in [2.75, 3.05) is 5.32 Å². The highest BCUT2D eigenvalue weighted by atomic mass is 35.5. The van der Waals surface area contributed by atoms with E-state index in [1.807, 2.05) is 31.2 Å². The quantitative estimate of drug-likeness (QED) is 0.516. The van der Waals surface area contributed by atoms with E-state index in [1.165, 1.54) is 0 Å². The minimum atomic E-state index is -0.402. The van der Waals surface area contributed by atoms with E-state index < -0.39 is 5.91 Å². The van der Waals surface area contributed by atoms with Crippen LogP contribution >= 0.6 is 23.2 Å². The van der Waals surface area contributed by atoms with Gasteiger partial charge in [-0.3, -0.25) is 4.79 Å². The van der Waals surface area contributed by atoms with Gasteiger partial charge in [-0.2, -0.15) is 5.10 Å². The summed E-state index contributed by atoms with van der Waals surface area (Å²) in [6.45, 7) is 3.67. The Morgan fingerprint density at radius 1 is 1.00 bits per heavy atom. The van der Waals surface area contributed by atoms with Crippen LogP contribution in [0.4, 0.5) is 5.69 Å². The molecule has 2 aromatic carbocycles. The summed E-state index contributed by atoms with van der Waals surface area (Å²) in [5.41, 5.74) is 4.41. The SMILES string of the molecule is Cc1nn2c(C)c(C(=O)Nc3ccccc3Cl)nnc2c1-c1ccc(Cl)cc1. The van der Waals surface area contributed by atoms with E-state index in [2.05, 4.69) is 20.6 Å². The van der Waals surface area contributed by atoms with Gasteiger partial charge in [0.25, 0.3) is 5.91 Å².